The number of fused-ring (bicyclic) bond motifs is 3. The zero-order valence-electron chi connectivity index (χ0n) is 18.9. The second kappa shape index (κ2) is 10.1. The Morgan fingerprint density at radius 3 is 2.97 bits per heavy atom. The van der Waals surface area contributed by atoms with Crippen molar-refractivity contribution in [1.29, 1.82) is 0 Å². The molecule has 184 valence electrons. The van der Waals surface area contributed by atoms with Crippen molar-refractivity contribution >= 4 is 21.2 Å². The molecule has 0 fully saturated rings. The number of methoxy groups -OCH3 is 1. The Morgan fingerprint density at radius 1 is 1.23 bits per heavy atom. The van der Waals surface area contributed by atoms with Gasteiger partial charge in [0.25, 0.3) is 0 Å². The number of pyridine rings is 1. The molecule has 1 atom stereocenters. The maximum atomic E-state index is 14.5. The Labute approximate surface area is 211 Å². The molecule has 2 aliphatic rings. The van der Waals surface area contributed by atoms with Gasteiger partial charge < -0.3 is 0 Å². The third-order valence-corrected chi connectivity index (χ3v) is 8.58. The molecule has 2 amide bonds. The van der Waals surface area contributed by atoms with E-state index in [4.69, 9.17) is 9.47 Å². The molecule has 4 N–H and O–H groups in total. The van der Waals surface area contributed by atoms with Gasteiger partial charge in [0.1, 0.15) is 0 Å². The Kier molecular flexibility index (Phi) is 6.75. The van der Waals surface area contributed by atoms with Crippen LogP contribution in [0.5, 0.6) is 11.5 Å². The number of aromatic amines is 1. The van der Waals surface area contributed by atoms with Crippen molar-refractivity contribution in [3.8, 4) is 22.8 Å². The predicted octanol–water partition coefficient (Wildman–Crippen LogP) is 0.724. The molecule has 0 aliphatic carbocycles. The number of carbonyl (C=O) groups excluding carboxylic acids is 2. The van der Waals surface area contributed by atoms with Crippen molar-refractivity contribution in [2.24, 2.45) is 0 Å². The van der Waals surface area contributed by atoms with Gasteiger partial charge in [-0.2, -0.15) is 0 Å². The van der Waals surface area contributed by atoms with Crippen molar-refractivity contribution in [1.82, 2.24) is 20.6 Å². The first kappa shape index (κ1) is 23.4. The van der Waals surface area contributed by atoms with Crippen LogP contribution in [-0.2, 0) is 0 Å². The van der Waals surface area contributed by atoms with Gasteiger partial charge in [-0.25, -0.2) is 0 Å². The molecule has 2 aromatic heterocycles. The van der Waals surface area contributed by atoms with E-state index < -0.39 is 27.0 Å². The molecule has 35 heavy (non-hydrogen) atoms. The summed E-state index contributed by atoms with van der Waals surface area (Å²) in [5.41, 5.74) is 3.21. The first-order valence-corrected chi connectivity index (χ1v) is 13.5. The maximum absolute atomic E-state index is 14.5. The number of hydrogen-bond acceptors (Lipinski definition) is 6. The van der Waals surface area contributed by atoms with Crippen LogP contribution < -0.4 is 46.6 Å². The van der Waals surface area contributed by atoms with E-state index in [9.17, 15) is 14.0 Å². The molecular weight excluding hydrogens is 568 g/mol. The number of carbonyl (C=O) groups is 2. The van der Waals surface area contributed by atoms with Gasteiger partial charge in [0, 0.05) is 0 Å². The Morgan fingerprint density at radius 2 is 2.11 bits per heavy atom. The Bertz CT molecular complexity index is 1280. The van der Waals surface area contributed by atoms with Gasteiger partial charge in [-0.1, -0.05) is 0 Å². The summed E-state index contributed by atoms with van der Waals surface area (Å²) < 4.78 is 25.6. The third kappa shape index (κ3) is 4.64. The van der Waals surface area contributed by atoms with E-state index in [-0.39, 0.29) is 19.5 Å². The number of halogens is 2. The minimum atomic E-state index is -0.972. The number of nitrogens with zero attached hydrogens (tertiary/aromatic N) is 1. The van der Waals surface area contributed by atoms with Crippen LogP contribution in [0.15, 0.2) is 36.7 Å². The zero-order chi connectivity index (χ0) is 24.4. The molecule has 3 aromatic rings. The van der Waals surface area contributed by atoms with E-state index in [0.717, 1.165) is 12.8 Å². The molecule has 0 saturated heterocycles. The first-order chi connectivity index (χ1) is 17.1. The van der Waals surface area contributed by atoms with Gasteiger partial charge in [-0.3, -0.25) is 0 Å². The van der Waals surface area contributed by atoms with Gasteiger partial charge in [0.05, 0.1) is 0 Å². The average molecular weight is 592 g/mol. The molecule has 4 heterocycles. The van der Waals surface area contributed by atoms with Crippen LogP contribution in [0.1, 0.15) is 32.8 Å². The van der Waals surface area contributed by atoms with Gasteiger partial charge in [-0.15, -0.1) is 0 Å². The molecule has 1 aromatic carbocycles. The summed E-state index contributed by atoms with van der Waals surface area (Å²) in [4.78, 5) is 33.4. The number of rotatable bonds is 3. The Hall–Kier alpha value is -3.35. The van der Waals surface area contributed by atoms with E-state index >= 15 is 0 Å². The monoisotopic (exact) mass is 592 g/mol. The summed E-state index contributed by atoms with van der Waals surface area (Å²) in [6.07, 6.45) is 4.85. The van der Waals surface area contributed by atoms with Gasteiger partial charge >= 0.3 is 212 Å². The molecular formula is C24H24FIN5O4-. The van der Waals surface area contributed by atoms with Crippen LogP contribution in [0.2, 0.25) is 0 Å². The van der Waals surface area contributed by atoms with E-state index in [1.54, 1.807) is 30.6 Å². The number of anilines is 2. The normalized spacial score (nSPS) is 18.1. The number of H-pyrrole nitrogens is 1. The van der Waals surface area contributed by atoms with Crippen molar-refractivity contribution in [3.05, 3.63) is 53.7 Å². The molecule has 0 radical (unpaired) electrons. The van der Waals surface area contributed by atoms with Crippen LogP contribution in [0.25, 0.3) is 11.3 Å². The molecule has 5 rings (SSSR count). The summed E-state index contributed by atoms with van der Waals surface area (Å²) in [5, 5.41) is 9.15. The summed E-state index contributed by atoms with van der Waals surface area (Å²) in [5.74, 6) is -0.209. The van der Waals surface area contributed by atoms with Crippen LogP contribution in [0.3, 0.4) is 0 Å². The zero-order valence-corrected chi connectivity index (χ0v) is 21.1. The van der Waals surface area contributed by atoms with Crippen molar-refractivity contribution < 1.29 is 44.7 Å². The summed E-state index contributed by atoms with van der Waals surface area (Å²) in [6.45, 7) is 1.40. The van der Waals surface area contributed by atoms with Crippen LogP contribution in [0.4, 0.5) is 20.6 Å². The molecule has 0 saturated carbocycles. The summed E-state index contributed by atoms with van der Waals surface area (Å²) >= 11 is -0.972. The van der Waals surface area contributed by atoms with Gasteiger partial charge in [-0.05, 0) is 0 Å². The van der Waals surface area contributed by atoms with E-state index in [2.05, 4.69) is 25.9 Å². The molecule has 0 spiro atoms. The second-order valence-corrected chi connectivity index (χ2v) is 11.1. The van der Waals surface area contributed by atoms with Crippen LogP contribution in [-0.4, -0.2) is 46.6 Å². The number of aromatic nitrogens is 2. The van der Waals surface area contributed by atoms with Crippen LogP contribution >= 0.6 is 0 Å². The van der Waals surface area contributed by atoms with Gasteiger partial charge in [0.15, 0.2) is 0 Å². The van der Waals surface area contributed by atoms with E-state index in [1.165, 1.54) is 13.2 Å². The topological polar surface area (TPSA) is 117 Å². The number of para-hydroxylation sites is 1. The molecule has 11 heteroatoms. The Balaban J connectivity index is 1.71. The second-order valence-electron chi connectivity index (χ2n) is 8.02. The van der Waals surface area contributed by atoms with Crippen molar-refractivity contribution in [3.63, 3.8) is 0 Å². The standard InChI is InChI=1S/C24H24FIN5O4/c1-34-22-14(25)5-4-6-16(22)30-21-18-20-15(11-29-23(18)32)26-24(33)28-8-2-3-10-35-17-12-27-9-7-13(17)19(21)31-20/h4-7,9,12,15,30-31H,2-3,8,10-11H2,1H3,(H,28,33)(H,29,32)/q-1. The average Bonchev–Trinajstić information content (AvgIpc) is 3.23. The van der Waals surface area contributed by atoms with Crippen molar-refractivity contribution in [2.75, 3.05) is 32.1 Å². The van der Waals surface area contributed by atoms with E-state index in [1.807, 2.05) is 0 Å². The van der Waals surface area contributed by atoms with Crippen molar-refractivity contribution in [2.45, 2.75) is 16.8 Å². The fourth-order valence-corrected chi connectivity index (χ4v) is 6.58. The molecule has 2 bridgehead atoms. The summed E-state index contributed by atoms with van der Waals surface area (Å²) in [7, 11) is 1.39. The van der Waals surface area contributed by atoms with E-state index in [0.29, 0.717) is 59.3 Å². The first-order valence-electron chi connectivity index (χ1n) is 11.2. The summed E-state index contributed by atoms with van der Waals surface area (Å²) in [6, 6.07) is 6.35. The number of hydrogen-bond donors (Lipinski definition) is 4. The number of ether oxygens (including phenoxy) is 2. The number of amides is 2. The minimum absolute atomic E-state index is 0.0240. The quantitative estimate of drug-likeness (QED) is 0.154. The molecule has 2 aliphatic heterocycles. The molecule has 9 nitrogen and oxygen atoms in total. The predicted molar refractivity (Wildman–Crippen MR) is 123 cm³/mol. The number of nitrogens with one attached hydrogen (secondary N) is 4. The fourth-order valence-electron chi connectivity index (χ4n) is 4.19. The third-order valence-electron chi connectivity index (χ3n) is 5.82. The van der Waals surface area contributed by atoms with Crippen LogP contribution in [0, 0.1) is 5.82 Å². The SMILES string of the molecule is COc1c(F)cccc1Nc1c2[nH]c3c1C(=O)NCC3[I-]C(=O)NCCCCOc1cnccc1-2. The number of benzene rings is 1. The van der Waals surface area contributed by atoms with Gasteiger partial charge in [0.2, 0.25) is 0 Å². The number of alkyl halides is 1. The fraction of sp³-hybridized carbons (Fsp3) is 0.292. The molecule has 1 unspecified atom stereocenters.